The molecule has 0 bridgehead atoms. The fourth-order valence-corrected chi connectivity index (χ4v) is 1.69. The molecule has 0 amide bonds. The number of aromatic nitrogens is 2. The van der Waals surface area contributed by atoms with Crippen molar-refractivity contribution in [3.8, 4) is 0 Å². The lowest BCUT2D eigenvalue weighted by atomic mass is 10.1. The predicted molar refractivity (Wildman–Crippen MR) is 93.8 cm³/mol. The van der Waals surface area contributed by atoms with E-state index >= 15 is 0 Å². The summed E-state index contributed by atoms with van der Waals surface area (Å²) in [5.74, 6) is 0. The summed E-state index contributed by atoms with van der Waals surface area (Å²) in [6.45, 7) is 6.27. The van der Waals surface area contributed by atoms with Crippen LogP contribution in [0.1, 0.15) is 23.7 Å². The maximum Gasteiger partial charge on any atom is 0.0372 e. The van der Waals surface area contributed by atoms with Crippen LogP contribution < -0.4 is 0 Å². The molecular weight excluding hydrogens is 268 g/mol. The van der Waals surface area contributed by atoms with Crippen LogP contribution in [0.25, 0.3) is 0 Å². The molecule has 0 radical (unpaired) electrons. The van der Waals surface area contributed by atoms with Gasteiger partial charge >= 0.3 is 0 Å². The molecule has 0 saturated carbocycles. The first kappa shape index (κ1) is 17.6. The summed E-state index contributed by atoms with van der Waals surface area (Å²) in [6.07, 6.45) is 6.43. The Bertz CT molecular complexity index is 580. The number of rotatable bonds is 1. The van der Waals surface area contributed by atoms with Gasteiger partial charge in [-0.2, -0.15) is 0 Å². The van der Waals surface area contributed by atoms with Crippen molar-refractivity contribution in [1.82, 2.24) is 9.97 Å². The van der Waals surface area contributed by atoms with Crippen molar-refractivity contribution in [2.45, 2.75) is 27.2 Å². The van der Waals surface area contributed by atoms with Gasteiger partial charge in [0.15, 0.2) is 0 Å². The highest BCUT2D eigenvalue weighted by atomic mass is 14.6. The van der Waals surface area contributed by atoms with Crippen LogP contribution in [-0.4, -0.2) is 9.97 Å². The zero-order chi connectivity index (χ0) is 16.0. The molecule has 2 nitrogen and oxygen atoms in total. The monoisotopic (exact) mass is 292 g/mol. The molecule has 1 aromatic carbocycles. The number of pyridine rings is 2. The van der Waals surface area contributed by atoms with Gasteiger partial charge in [0.05, 0.1) is 0 Å². The second-order valence-electron chi connectivity index (χ2n) is 4.84. The van der Waals surface area contributed by atoms with Crippen molar-refractivity contribution in [3.63, 3.8) is 0 Å². The Kier molecular flexibility index (Phi) is 8.95. The van der Waals surface area contributed by atoms with Gasteiger partial charge in [0.25, 0.3) is 0 Å². The van der Waals surface area contributed by atoms with Crippen LogP contribution in [0.4, 0.5) is 0 Å². The maximum absolute atomic E-state index is 3.98. The Balaban J connectivity index is 0.000000169. The molecular formula is C20H24N2. The SMILES string of the molecule is CCc1cccc(C)c1.Cc1ccccn1.c1ccncc1. The first-order chi connectivity index (χ1) is 10.7. The van der Waals surface area contributed by atoms with E-state index in [-0.39, 0.29) is 0 Å². The van der Waals surface area contributed by atoms with Gasteiger partial charge in [0.1, 0.15) is 0 Å². The summed E-state index contributed by atoms with van der Waals surface area (Å²) in [5, 5.41) is 0. The molecule has 2 heteroatoms. The van der Waals surface area contributed by atoms with Crippen molar-refractivity contribution in [2.75, 3.05) is 0 Å². The number of nitrogens with zero attached hydrogens (tertiary/aromatic N) is 2. The number of aryl methyl sites for hydroxylation is 3. The molecule has 0 aliphatic carbocycles. The summed E-state index contributed by atoms with van der Waals surface area (Å²) >= 11 is 0. The molecule has 0 aliphatic rings. The molecule has 2 aromatic heterocycles. The van der Waals surface area contributed by atoms with E-state index in [2.05, 4.69) is 48.1 Å². The van der Waals surface area contributed by atoms with Crippen LogP contribution in [0.15, 0.2) is 79.3 Å². The quantitative estimate of drug-likeness (QED) is 0.628. The first-order valence-electron chi connectivity index (χ1n) is 7.50. The number of hydrogen-bond acceptors (Lipinski definition) is 2. The standard InChI is InChI=1S/C9H12.C6H7N.C5H5N/c1-3-9-6-4-5-8(2)7-9;1-6-4-2-3-5-7-6;1-2-4-6-5-3-1/h4-7H,3H2,1-2H3;2-5H,1H3;1-5H. The lowest BCUT2D eigenvalue weighted by Crippen LogP contribution is -1.78. The topological polar surface area (TPSA) is 25.8 Å². The highest BCUT2D eigenvalue weighted by Gasteiger charge is 1.85. The van der Waals surface area contributed by atoms with Crippen molar-refractivity contribution < 1.29 is 0 Å². The summed E-state index contributed by atoms with van der Waals surface area (Å²) in [5.41, 5.74) is 3.85. The highest BCUT2D eigenvalue weighted by molar-refractivity contribution is 5.21. The maximum atomic E-state index is 3.98. The van der Waals surface area contributed by atoms with Gasteiger partial charge < -0.3 is 0 Å². The first-order valence-corrected chi connectivity index (χ1v) is 7.50. The van der Waals surface area contributed by atoms with E-state index in [4.69, 9.17) is 0 Å². The average Bonchev–Trinajstić information content (AvgIpc) is 2.58. The van der Waals surface area contributed by atoms with Gasteiger partial charge in [-0.1, -0.05) is 48.9 Å². The van der Waals surface area contributed by atoms with E-state index in [1.54, 1.807) is 18.6 Å². The van der Waals surface area contributed by atoms with E-state index in [0.717, 1.165) is 12.1 Å². The Morgan fingerprint density at radius 1 is 0.773 bits per heavy atom. The van der Waals surface area contributed by atoms with Gasteiger partial charge in [0, 0.05) is 24.3 Å². The van der Waals surface area contributed by atoms with E-state index in [1.807, 2.05) is 43.3 Å². The van der Waals surface area contributed by atoms with Crippen LogP contribution in [0.3, 0.4) is 0 Å². The Labute approximate surface area is 133 Å². The van der Waals surface area contributed by atoms with Gasteiger partial charge in [-0.3, -0.25) is 9.97 Å². The molecule has 0 aliphatic heterocycles. The zero-order valence-corrected chi connectivity index (χ0v) is 13.6. The predicted octanol–water partition coefficient (Wildman–Crippen LogP) is 5.03. The van der Waals surface area contributed by atoms with Crippen LogP contribution >= 0.6 is 0 Å². The molecule has 0 N–H and O–H groups in total. The summed E-state index contributed by atoms with van der Waals surface area (Å²) in [4.78, 5) is 7.76. The van der Waals surface area contributed by atoms with E-state index in [1.165, 1.54) is 11.1 Å². The minimum absolute atomic E-state index is 1.07. The molecule has 0 saturated heterocycles. The van der Waals surface area contributed by atoms with Crippen LogP contribution in [-0.2, 0) is 6.42 Å². The zero-order valence-electron chi connectivity index (χ0n) is 13.6. The molecule has 0 atom stereocenters. The second kappa shape index (κ2) is 11.2. The van der Waals surface area contributed by atoms with Crippen molar-refractivity contribution in [2.24, 2.45) is 0 Å². The van der Waals surface area contributed by atoms with Crippen LogP contribution in [0.5, 0.6) is 0 Å². The third-order valence-electron chi connectivity index (χ3n) is 2.87. The van der Waals surface area contributed by atoms with E-state index < -0.39 is 0 Å². The number of hydrogen-bond donors (Lipinski definition) is 0. The lowest BCUT2D eigenvalue weighted by Gasteiger charge is -1.95. The summed E-state index contributed by atoms with van der Waals surface area (Å²) in [6, 6.07) is 20.2. The fourth-order valence-electron chi connectivity index (χ4n) is 1.69. The van der Waals surface area contributed by atoms with E-state index in [9.17, 15) is 0 Å². The molecule has 22 heavy (non-hydrogen) atoms. The third-order valence-corrected chi connectivity index (χ3v) is 2.87. The Morgan fingerprint density at radius 2 is 1.50 bits per heavy atom. The largest absolute Gasteiger partial charge is 0.265 e. The minimum atomic E-state index is 1.07. The number of benzene rings is 1. The van der Waals surface area contributed by atoms with Gasteiger partial charge in [-0.15, -0.1) is 0 Å². The smallest absolute Gasteiger partial charge is 0.0372 e. The Hall–Kier alpha value is -2.48. The molecule has 0 spiro atoms. The van der Waals surface area contributed by atoms with Crippen LogP contribution in [0, 0.1) is 13.8 Å². The summed E-state index contributed by atoms with van der Waals surface area (Å²) < 4.78 is 0. The molecule has 0 unspecified atom stereocenters. The van der Waals surface area contributed by atoms with Crippen molar-refractivity contribution >= 4 is 0 Å². The second-order valence-corrected chi connectivity index (χ2v) is 4.84. The van der Waals surface area contributed by atoms with Crippen LogP contribution in [0.2, 0.25) is 0 Å². The molecule has 114 valence electrons. The van der Waals surface area contributed by atoms with Gasteiger partial charge in [-0.25, -0.2) is 0 Å². The molecule has 0 fully saturated rings. The van der Waals surface area contributed by atoms with Gasteiger partial charge in [-0.05, 0) is 50.1 Å². The molecule has 2 heterocycles. The average molecular weight is 292 g/mol. The normalized spacial score (nSPS) is 8.86. The minimum Gasteiger partial charge on any atom is -0.265 e. The fraction of sp³-hybridized carbons (Fsp3) is 0.200. The third kappa shape index (κ3) is 8.64. The molecule has 3 aromatic rings. The lowest BCUT2D eigenvalue weighted by molar-refractivity contribution is 1.13. The Morgan fingerprint density at radius 3 is 1.82 bits per heavy atom. The van der Waals surface area contributed by atoms with Crippen molar-refractivity contribution in [3.05, 3.63) is 96.1 Å². The summed E-state index contributed by atoms with van der Waals surface area (Å²) in [7, 11) is 0. The van der Waals surface area contributed by atoms with E-state index in [0.29, 0.717) is 0 Å². The molecule has 3 rings (SSSR count). The van der Waals surface area contributed by atoms with Crippen molar-refractivity contribution in [1.29, 1.82) is 0 Å². The highest BCUT2D eigenvalue weighted by Crippen LogP contribution is 2.03. The van der Waals surface area contributed by atoms with Gasteiger partial charge in [0.2, 0.25) is 0 Å².